The first-order valence-electron chi connectivity index (χ1n) is 7.43. The van der Waals surface area contributed by atoms with Crippen LogP contribution in [0.3, 0.4) is 0 Å². The second-order valence-corrected chi connectivity index (χ2v) is 7.92. The van der Waals surface area contributed by atoms with Crippen molar-refractivity contribution in [2.75, 3.05) is 0 Å². The van der Waals surface area contributed by atoms with E-state index < -0.39 is 0 Å². The van der Waals surface area contributed by atoms with Crippen molar-refractivity contribution in [3.05, 3.63) is 0 Å². The number of nitrogens with two attached hydrogens (primary N) is 1. The van der Waals surface area contributed by atoms with E-state index >= 15 is 0 Å². The second kappa shape index (κ2) is 5.13. The Labute approximate surface area is 114 Å². The summed E-state index contributed by atoms with van der Waals surface area (Å²) in [6.45, 7) is 17.9. The average molecular weight is 255 g/mol. The van der Waals surface area contributed by atoms with Gasteiger partial charge in [-0.1, -0.05) is 27.7 Å². The zero-order chi connectivity index (χ0) is 14.3. The standard InChI is InChI=1S/C16H33NO/c1-10(2)13(11(3)4)14(17)12-9-15(5,6)18-16(12,7)8/h10-14H,9,17H2,1-8H3. The van der Waals surface area contributed by atoms with Gasteiger partial charge in [0.25, 0.3) is 0 Å². The molecule has 1 rings (SSSR count). The van der Waals surface area contributed by atoms with E-state index in [1.807, 2.05) is 0 Å². The molecule has 0 spiro atoms. The van der Waals surface area contributed by atoms with Gasteiger partial charge < -0.3 is 10.5 Å². The number of hydrogen-bond donors (Lipinski definition) is 1. The van der Waals surface area contributed by atoms with E-state index in [1.54, 1.807) is 0 Å². The highest BCUT2D eigenvalue weighted by molar-refractivity contribution is 5.01. The lowest BCUT2D eigenvalue weighted by atomic mass is 9.70. The Bertz CT molecular complexity index is 273. The fourth-order valence-corrected chi connectivity index (χ4v) is 4.13. The SMILES string of the molecule is CC(C)C(C(C)C)C(N)C1CC(C)(C)OC1(C)C. The maximum Gasteiger partial charge on any atom is 0.0677 e. The lowest BCUT2D eigenvalue weighted by Crippen LogP contribution is -2.48. The predicted octanol–water partition coefficient (Wildman–Crippen LogP) is 3.84. The average Bonchev–Trinajstić information content (AvgIpc) is 2.32. The Balaban J connectivity index is 2.92. The van der Waals surface area contributed by atoms with Crippen LogP contribution < -0.4 is 5.73 Å². The third-order valence-corrected chi connectivity index (χ3v) is 4.59. The van der Waals surface area contributed by atoms with Gasteiger partial charge in [-0.2, -0.15) is 0 Å². The topological polar surface area (TPSA) is 35.2 Å². The fraction of sp³-hybridized carbons (Fsp3) is 1.00. The van der Waals surface area contributed by atoms with Crippen molar-refractivity contribution in [2.24, 2.45) is 29.4 Å². The summed E-state index contributed by atoms with van der Waals surface area (Å²) < 4.78 is 6.20. The summed E-state index contributed by atoms with van der Waals surface area (Å²) in [5, 5.41) is 0. The molecule has 1 heterocycles. The summed E-state index contributed by atoms with van der Waals surface area (Å²) in [7, 11) is 0. The van der Waals surface area contributed by atoms with Gasteiger partial charge >= 0.3 is 0 Å². The van der Waals surface area contributed by atoms with Crippen molar-refractivity contribution in [2.45, 2.75) is 79.1 Å². The van der Waals surface area contributed by atoms with Crippen LogP contribution in [0.15, 0.2) is 0 Å². The van der Waals surface area contributed by atoms with Crippen molar-refractivity contribution in [1.82, 2.24) is 0 Å². The van der Waals surface area contributed by atoms with E-state index in [9.17, 15) is 0 Å². The monoisotopic (exact) mass is 255 g/mol. The van der Waals surface area contributed by atoms with Gasteiger partial charge in [0.2, 0.25) is 0 Å². The summed E-state index contributed by atoms with van der Waals surface area (Å²) in [5.41, 5.74) is 6.50. The van der Waals surface area contributed by atoms with Crippen molar-refractivity contribution in [1.29, 1.82) is 0 Å². The van der Waals surface area contributed by atoms with E-state index in [0.29, 0.717) is 23.7 Å². The Morgan fingerprint density at radius 2 is 1.44 bits per heavy atom. The highest BCUT2D eigenvalue weighted by Crippen LogP contribution is 2.46. The number of ether oxygens (including phenoxy) is 1. The van der Waals surface area contributed by atoms with Crippen molar-refractivity contribution in [3.63, 3.8) is 0 Å². The maximum absolute atomic E-state index is 6.64. The van der Waals surface area contributed by atoms with E-state index in [0.717, 1.165) is 6.42 Å². The first-order chi connectivity index (χ1) is 7.98. The van der Waals surface area contributed by atoms with Crippen LogP contribution >= 0.6 is 0 Å². The Morgan fingerprint density at radius 3 is 1.72 bits per heavy atom. The molecule has 0 aromatic rings. The van der Waals surface area contributed by atoms with Crippen molar-refractivity contribution in [3.8, 4) is 0 Å². The predicted molar refractivity (Wildman–Crippen MR) is 78.5 cm³/mol. The first-order valence-corrected chi connectivity index (χ1v) is 7.43. The van der Waals surface area contributed by atoms with Crippen LogP contribution in [-0.2, 0) is 4.74 Å². The van der Waals surface area contributed by atoms with Crippen LogP contribution in [0.2, 0.25) is 0 Å². The minimum absolute atomic E-state index is 0.0374. The minimum Gasteiger partial charge on any atom is -0.369 e. The molecule has 1 aliphatic heterocycles. The molecule has 2 N–H and O–H groups in total. The normalized spacial score (nSPS) is 28.3. The number of hydrogen-bond acceptors (Lipinski definition) is 2. The van der Waals surface area contributed by atoms with E-state index in [2.05, 4.69) is 55.4 Å². The zero-order valence-electron chi connectivity index (χ0n) is 13.6. The summed E-state index contributed by atoms with van der Waals surface area (Å²) >= 11 is 0. The largest absolute Gasteiger partial charge is 0.369 e. The molecule has 2 atom stereocenters. The van der Waals surface area contributed by atoms with E-state index in [1.165, 1.54) is 0 Å². The molecule has 2 unspecified atom stereocenters. The van der Waals surface area contributed by atoms with Crippen LogP contribution in [0.5, 0.6) is 0 Å². The molecule has 0 aliphatic carbocycles. The lowest BCUT2D eigenvalue weighted by Gasteiger charge is -2.39. The molecule has 2 nitrogen and oxygen atoms in total. The molecule has 1 fully saturated rings. The Hall–Kier alpha value is -0.0800. The van der Waals surface area contributed by atoms with Gasteiger partial charge in [0.15, 0.2) is 0 Å². The van der Waals surface area contributed by atoms with Crippen LogP contribution in [0, 0.1) is 23.7 Å². The third kappa shape index (κ3) is 3.27. The van der Waals surface area contributed by atoms with Crippen LogP contribution in [0.25, 0.3) is 0 Å². The molecule has 18 heavy (non-hydrogen) atoms. The molecule has 0 aromatic heterocycles. The molecule has 1 saturated heterocycles. The van der Waals surface area contributed by atoms with Crippen LogP contribution in [-0.4, -0.2) is 17.2 Å². The van der Waals surface area contributed by atoms with Gasteiger partial charge in [0.05, 0.1) is 11.2 Å². The molecular formula is C16H33NO. The van der Waals surface area contributed by atoms with Gasteiger partial charge in [0, 0.05) is 12.0 Å². The highest BCUT2D eigenvalue weighted by Gasteiger charge is 2.50. The van der Waals surface area contributed by atoms with Crippen molar-refractivity contribution < 1.29 is 4.74 Å². The Morgan fingerprint density at radius 1 is 1.00 bits per heavy atom. The summed E-state index contributed by atoms with van der Waals surface area (Å²) in [4.78, 5) is 0. The quantitative estimate of drug-likeness (QED) is 0.828. The minimum atomic E-state index is -0.106. The van der Waals surface area contributed by atoms with Crippen LogP contribution in [0.4, 0.5) is 0 Å². The maximum atomic E-state index is 6.64. The molecule has 1 aliphatic rings. The van der Waals surface area contributed by atoms with Gasteiger partial charge in [-0.15, -0.1) is 0 Å². The molecule has 108 valence electrons. The fourth-order valence-electron chi connectivity index (χ4n) is 4.13. The van der Waals surface area contributed by atoms with Gasteiger partial charge in [0.1, 0.15) is 0 Å². The molecule has 2 heteroatoms. The molecule has 0 aromatic carbocycles. The van der Waals surface area contributed by atoms with Gasteiger partial charge in [-0.05, 0) is 51.9 Å². The first kappa shape index (κ1) is 16.0. The summed E-state index contributed by atoms with van der Waals surface area (Å²) in [6.07, 6.45) is 1.07. The van der Waals surface area contributed by atoms with E-state index in [4.69, 9.17) is 10.5 Å². The highest BCUT2D eigenvalue weighted by atomic mass is 16.5. The Kier molecular flexibility index (Phi) is 4.55. The van der Waals surface area contributed by atoms with Gasteiger partial charge in [-0.25, -0.2) is 0 Å². The summed E-state index contributed by atoms with van der Waals surface area (Å²) in [6, 6.07) is 0.224. The van der Waals surface area contributed by atoms with Crippen LogP contribution in [0.1, 0.15) is 61.8 Å². The summed E-state index contributed by atoms with van der Waals surface area (Å²) in [5.74, 6) is 2.26. The number of rotatable bonds is 4. The lowest BCUT2D eigenvalue weighted by molar-refractivity contribution is -0.0795. The van der Waals surface area contributed by atoms with Gasteiger partial charge in [-0.3, -0.25) is 0 Å². The molecule has 0 bridgehead atoms. The molecule has 0 saturated carbocycles. The smallest absolute Gasteiger partial charge is 0.0677 e. The molecule has 0 radical (unpaired) electrons. The van der Waals surface area contributed by atoms with E-state index in [-0.39, 0.29) is 17.2 Å². The molecule has 0 amide bonds. The third-order valence-electron chi connectivity index (χ3n) is 4.59. The zero-order valence-corrected chi connectivity index (χ0v) is 13.6. The molecular weight excluding hydrogens is 222 g/mol. The van der Waals surface area contributed by atoms with Crippen molar-refractivity contribution >= 4 is 0 Å². The second-order valence-electron chi connectivity index (χ2n) is 7.92.